The van der Waals surface area contributed by atoms with E-state index in [-0.39, 0.29) is 18.2 Å². The summed E-state index contributed by atoms with van der Waals surface area (Å²) in [7, 11) is -3.65. The third-order valence-electron chi connectivity index (χ3n) is 4.95. The molecule has 0 saturated carbocycles. The van der Waals surface area contributed by atoms with Crippen LogP contribution in [0.4, 0.5) is 0 Å². The lowest BCUT2D eigenvalue weighted by atomic mass is 9.99. The normalized spacial score (nSPS) is 17.5. The first-order valence-electron chi connectivity index (χ1n) is 9.73. The summed E-state index contributed by atoms with van der Waals surface area (Å²) in [4.78, 5) is 12.5. The largest absolute Gasteiger partial charge is 0.492 e. The van der Waals surface area contributed by atoms with Gasteiger partial charge >= 0.3 is 0 Å². The number of nitrogens with one attached hydrogen (secondary N) is 1. The summed E-state index contributed by atoms with van der Waals surface area (Å²) in [6.45, 7) is 1.22. The van der Waals surface area contributed by atoms with Crippen LogP contribution in [0, 0.1) is 5.92 Å². The zero-order valence-electron chi connectivity index (χ0n) is 16.4. The minimum Gasteiger partial charge on any atom is -0.492 e. The van der Waals surface area contributed by atoms with Crippen molar-refractivity contribution < 1.29 is 17.9 Å². The van der Waals surface area contributed by atoms with Crippen molar-refractivity contribution in [2.24, 2.45) is 5.92 Å². The second-order valence-electron chi connectivity index (χ2n) is 7.11. The van der Waals surface area contributed by atoms with Crippen molar-refractivity contribution >= 4 is 39.1 Å². The second-order valence-corrected chi connectivity index (χ2v) is 9.89. The molecule has 1 fully saturated rings. The highest BCUT2D eigenvalue weighted by Gasteiger charge is 2.33. The average molecular weight is 471 g/mol. The molecule has 2 aromatic rings. The van der Waals surface area contributed by atoms with Crippen LogP contribution in [0.5, 0.6) is 5.75 Å². The van der Waals surface area contributed by atoms with Gasteiger partial charge in [0.05, 0.1) is 18.2 Å². The monoisotopic (exact) mass is 470 g/mol. The van der Waals surface area contributed by atoms with Crippen molar-refractivity contribution in [3.63, 3.8) is 0 Å². The van der Waals surface area contributed by atoms with E-state index in [1.54, 1.807) is 18.2 Å². The number of nitrogens with zero attached hydrogens (tertiary/aromatic N) is 1. The number of hydrogen-bond acceptors (Lipinski definition) is 4. The van der Waals surface area contributed by atoms with Crippen LogP contribution >= 0.6 is 23.2 Å². The molecular weight excluding hydrogens is 447 g/mol. The fourth-order valence-electron chi connectivity index (χ4n) is 3.36. The van der Waals surface area contributed by atoms with Crippen LogP contribution in [-0.4, -0.2) is 44.9 Å². The van der Waals surface area contributed by atoms with Crippen LogP contribution < -0.4 is 10.1 Å². The first kappa shape index (κ1) is 22.9. The number of piperidine rings is 1. The summed E-state index contributed by atoms with van der Waals surface area (Å²) in [6, 6.07) is 14.2. The molecule has 0 bridgehead atoms. The number of carbonyl (C=O) groups is 1. The van der Waals surface area contributed by atoms with Gasteiger partial charge in [0.15, 0.2) is 0 Å². The third kappa shape index (κ3) is 6.11. The second kappa shape index (κ2) is 10.5. The van der Waals surface area contributed by atoms with E-state index < -0.39 is 15.9 Å². The maximum absolute atomic E-state index is 12.9. The molecular formula is C21H24Cl2N2O4S. The predicted octanol–water partition coefficient (Wildman–Crippen LogP) is 3.73. The van der Waals surface area contributed by atoms with Gasteiger partial charge in [-0.05, 0) is 37.1 Å². The first-order valence-corrected chi connectivity index (χ1v) is 12.1. The highest BCUT2D eigenvalue weighted by atomic mass is 35.5. The van der Waals surface area contributed by atoms with E-state index >= 15 is 0 Å². The number of amides is 1. The number of ether oxygens (including phenoxy) is 1. The van der Waals surface area contributed by atoms with Crippen LogP contribution in [0.3, 0.4) is 0 Å². The van der Waals surface area contributed by atoms with Gasteiger partial charge in [0, 0.05) is 28.7 Å². The molecule has 1 amide bonds. The van der Waals surface area contributed by atoms with E-state index in [2.05, 4.69) is 5.32 Å². The molecule has 1 saturated heterocycles. The molecule has 0 aliphatic carbocycles. The summed E-state index contributed by atoms with van der Waals surface area (Å²) >= 11 is 12.3. The predicted molar refractivity (Wildman–Crippen MR) is 118 cm³/mol. The number of halogens is 2. The summed E-state index contributed by atoms with van der Waals surface area (Å²) in [5.41, 5.74) is 0.380. The molecule has 1 aliphatic heterocycles. The lowest BCUT2D eigenvalue weighted by Gasteiger charge is -2.31. The van der Waals surface area contributed by atoms with Gasteiger partial charge in [-0.15, -0.1) is 0 Å². The van der Waals surface area contributed by atoms with Crippen molar-refractivity contribution in [3.05, 3.63) is 64.1 Å². The summed E-state index contributed by atoms with van der Waals surface area (Å²) in [5, 5.41) is 3.47. The summed E-state index contributed by atoms with van der Waals surface area (Å²) < 4.78 is 32.7. The van der Waals surface area contributed by atoms with Gasteiger partial charge in [0.2, 0.25) is 15.9 Å². The van der Waals surface area contributed by atoms with Crippen molar-refractivity contribution in [1.82, 2.24) is 9.62 Å². The van der Waals surface area contributed by atoms with Crippen LogP contribution in [0.1, 0.15) is 18.4 Å². The third-order valence-corrected chi connectivity index (χ3v) is 7.43. The molecule has 6 nitrogen and oxygen atoms in total. The quantitative estimate of drug-likeness (QED) is 0.596. The number of hydrogen-bond donors (Lipinski definition) is 1. The van der Waals surface area contributed by atoms with Crippen molar-refractivity contribution in [2.45, 2.75) is 18.6 Å². The molecule has 1 atom stereocenters. The topological polar surface area (TPSA) is 75.7 Å². The molecule has 162 valence electrons. The molecule has 9 heteroatoms. The Bertz CT molecular complexity index is 950. The van der Waals surface area contributed by atoms with Gasteiger partial charge in [-0.25, -0.2) is 12.7 Å². The van der Waals surface area contributed by atoms with Gasteiger partial charge in [-0.2, -0.15) is 0 Å². The number of rotatable bonds is 8. The zero-order valence-corrected chi connectivity index (χ0v) is 18.7. The molecule has 0 spiro atoms. The lowest BCUT2D eigenvalue weighted by molar-refractivity contribution is -0.126. The van der Waals surface area contributed by atoms with Crippen molar-refractivity contribution in [3.8, 4) is 5.75 Å². The van der Waals surface area contributed by atoms with Gasteiger partial charge < -0.3 is 10.1 Å². The molecule has 0 unspecified atom stereocenters. The van der Waals surface area contributed by atoms with Gasteiger partial charge in [0.25, 0.3) is 0 Å². The highest BCUT2D eigenvalue weighted by molar-refractivity contribution is 7.88. The smallest absolute Gasteiger partial charge is 0.224 e. The molecule has 3 rings (SSSR count). The average Bonchev–Trinajstić information content (AvgIpc) is 2.75. The van der Waals surface area contributed by atoms with Gasteiger partial charge in [0.1, 0.15) is 12.4 Å². The Morgan fingerprint density at radius 3 is 2.50 bits per heavy atom. The van der Waals surface area contributed by atoms with Crippen molar-refractivity contribution in [1.29, 1.82) is 0 Å². The highest BCUT2D eigenvalue weighted by Crippen LogP contribution is 2.29. The fourth-order valence-corrected chi connectivity index (χ4v) is 5.72. The fraction of sp³-hybridized carbons (Fsp3) is 0.381. The van der Waals surface area contributed by atoms with E-state index in [1.165, 1.54) is 4.31 Å². The number of carbonyl (C=O) groups excluding carboxylic acids is 1. The SMILES string of the molecule is O=C(NCCOc1ccccc1)[C@@H]1CCCN(S(=O)(=O)Cc2c(Cl)cccc2Cl)C1. The molecule has 30 heavy (non-hydrogen) atoms. The standard InChI is InChI=1S/C21H24Cl2N2O4S/c22-19-9-4-10-20(23)18(19)15-30(27,28)25-12-5-6-16(14-25)21(26)24-11-13-29-17-7-2-1-3-8-17/h1-4,7-10,16H,5-6,11-15H2,(H,24,26)/t16-/m1/s1. The Labute approximate surface area is 187 Å². The van der Waals surface area contributed by atoms with E-state index in [9.17, 15) is 13.2 Å². The molecule has 1 N–H and O–H groups in total. The van der Waals surface area contributed by atoms with Crippen LogP contribution in [0.2, 0.25) is 10.0 Å². The van der Waals surface area contributed by atoms with E-state index in [0.717, 1.165) is 5.75 Å². The van der Waals surface area contributed by atoms with Crippen LogP contribution in [0.25, 0.3) is 0 Å². The minimum atomic E-state index is -3.65. The Hall–Kier alpha value is -1.80. The number of sulfonamides is 1. The minimum absolute atomic E-state index is 0.149. The maximum Gasteiger partial charge on any atom is 0.224 e. The van der Waals surface area contributed by atoms with Crippen LogP contribution in [-0.2, 0) is 20.6 Å². The molecule has 0 radical (unpaired) electrons. The Morgan fingerprint density at radius 2 is 1.80 bits per heavy atom. The van der Waals surface area contributed by atoms with E-state index in [1.807, 2.05) is 30.3 Å². The van der Waals surface area contributed by atoms with E-state index in [0.29, 0.717) is 48.1 Å². The van der Waals surface area contributed by atoms with Gasteiger partial charge in [-0.3, -0.25) is 4.79 Å². The Kier molecular flexibility index (Phi) is 7.99. The number of para-hydroxylation sites is 1. The zero-order chi connectivity index (χ0) is 21.6. The number of benzene rings is 2. The first-order chi connectivity index (χ1) is 14.4. The molecule has 2 aromatic carbocycles. The molecule has 0 aromatic heterocycles. The molecule has 1 heterocycles. The van der Waals surface area contributed by atoms with E-state index in [4.69, 9.17) is 27.9 Å². The lowest BCUT2D eigenvalue weighted by Crippen LogP contribution is -2.46. The van der Waals surface area contributed by atoms with Gasteiger partial charge in [-0.1, -0.05) is 47.5 Å². The maximum atomic E-state index is 12.9. The summed E-state index contributed by atoms with van der Waals surface area (Å²) in [5.74, 6) is -0.112. The molecule has 1 aliphatic rings. The summed E-state index contributed by atoms with van der Waals surface area (Å²) in [6.07, 6.45) is 1.26. The Morgan fingerprint density at radius 1 is 1.10 bits per heavy atom. The van der Waals surface area contributed by atoms with Crippen LogP contribution in [0.15, 0.2) is 48.5 Å². The van der Waals surface area contributed by atoms with Crippen molar-refractivity contribution in [2.75, 3.05) is 26.2 Å². The Balaban J connectivity index is 1.53.